The van der Waals surface area contributed by atoms with Gasteiger partial charge in [0.1, 0.15) is 0 Å². The number of carbonyl (C=O) groups excluding carboxylic acids is 2. The standard InChI is InChI=1S/C17H23N3O2S/c21-16(10-13-4-2-1-3-5-13)19-14-6-8-20(9-7-14)17(22)15-11-23-12-18-15/h1-5,14-15,18H,6-12H2,(H,19,21). The quantitative estimate of drug-likeness (QED) is 0.863. The van der Waals surface area contributed by atoms with Crippen molar-refractivity contribution in [1.29, 1.82) is 0 Å². The summed E-state index contributed by atoms with van der Waals surface area (Å²) in [5, 5.41) is 6.33. The van der Waals surface area contributed by atoms with Crippen LogP contribution in [0.25, 0.3) is 0 Å². The third kappa shape index (κ3) is 4.48. The Morgan fingerprint density at radius 2 is 1.96 bits per heavy atom. The summed E-state index contributed by atoms with van der Waals surface area (Å²) in [5.41, 5.74) is 1.03. The van der Waals surface area contributed by atoms with E-state index in [4.69, 9.17) is 0 Å². The lowest BCUT2D eigenvalue weighted by Crippen LogP contribution is -2.51. The molecular formula is C17H23N3O2S. The van der Waals surface area contributed by atoms with E-state index in [9.17, 15) is 9.59 Å². The molecule has 1 atom stereocenters. The molecule has 2 N–H and O–H groups in total. The topological polar surface area (TPSA) is 61.4 Å². The van der Waals surface area contributed by atoms with Gasteiger partial charge < -0.3 is 10.2 Å². The van der Waals surface area contributed by atoms with E-state index in [1.807, 2.05) is 35.2 Å². The zero-order chi connectivity index (χ0) is 16.1. The molecule has 0 aromatic heterocycles. The first-order valence-corrected chi connectivity index (χ1v) is 9.31. The van der Waals surface area contributed by atoms with Gasteiger partial charge in [-0.1, -0.05) is 30.3 Å². The number of nitrogens with zero attached hydrogens (tertiary/aromatic N) is 1. The van der Waals surface area contributed by atoms with Crippen molar-refractivity contribution < 1.29 is 9.59 Å². The fourth-order valence-corrected chi connectivity index (χ4v) is 4.01. The van der Waals surface area contributed by atoms with Crippen LogP contribution < -0.4 is 10.6 Å². The van der Waals surface area contributed by atoms with E-state index in [1.165, 1.54) is 0 Å². The predicted octanol–water partition coefficient (Wildman–Crippen LogP) is 0.999. The molecule has 0 aliphatic carbocycles. The molecule has 2 aliphatic heterocycles. The first-order chi connectivity index (χ1) is 11.2. The number of thioether (sulfide) groups is 1. The number of nitrogens with one attached hydrogen (secondary N) is 2. The van der Waals surface area contributed by atoms with Gasteiger partial charge in [0, 0.05) is 30.8 Å². The van der Waals surface area contributed by atoms with Crippen molar-refractivity contribution >= 4 is 23.6 Å². The second-order valence-corrected chi connectivity index (χ2v) is 7.13. The van der Waals surface area contributed by atoms with Crippen LogP contribution >= 0.6 is 11.8 Å². The molecule has 0 saturated carbocycles. The molecule has 124 valence electrons. The number of hydrogen-bond acceptors (Lipinski definition) is 4. The Labute approximate surface area is 141 Å². The minimum absolute atomic E-state index is 0.0239. The van der Waals surface area contributed by atoms with E-state index in [0.717, 1.165) is 43.1 Å². The van der Waals surface area contributed by atoms with E-state index < -0.39 is 0 Å². The maximum absolute atomic E-state index is 12.3. The van der Waals surface area contributed by atoms with Gasteiger partial charge in [-0.15, -0.1) is 11.8 Å². The minimum Gasteiger partial charge on any atom is -0.353 e. The summed E-state index contributed by atoms with van der Waals surface area (Å²) in [6.45, 7) is 1.47. The molecule has 1 aromatic carbocycles. The highest BCUT2D eigenvalue weighted by Gasteiger charge is 2.30. The van der Waals surface area contributed by atoms with Crippen LogP contribution in [0.2, 0.25) is 0 Å². The smallest absolute Gasteiger partial charge is 0.240 e. The van der Waals surface area contributed by atoms with Gasteiger partial charge in [-0.3, -0.25) is 14.9 Å². The van der Waals surface area contributed by atoms with Crippen molar-refractivity contribution in [3.63, 3.8) is 0 Å². The molecule has 1 unspecified atom stereocenters. The van der Waals surface area contributed by atoms with Crippen LogP contribution in [-0.2, 0) is 16.0 Å². The molecule has 23 heavy (non-hydrogen) atoms. The van der Waals surface area contributed by atoms with Gasteiger partial charge in [-0.05, 0) is 18.4 Å². The van der Waals surface area contributed by atoms with Gasteiger partial charge in [-0.25, -0.2) is 0 Å². The van der Waals surface area contributed by atoms with Crippen LogP contribution in [0, 0.1) is 0 Å². The molecule has 6 heteroatoms. The van der Waals surface area contributed by atoms with E-state index in [2.05, 4.69) is 10.6 Å². The highest BCUT2D eigenvalue weighted by Crippen LogP contribution is 2.16. The molecule has 1 aromatic rings. The summed E-state index contributed by atoms with van der Waals surface area (Å²) in [4.78, 5) is 26.4. The van der Waals surface area contributed by atoms with E-state index in [1.54, 1.807) is 11.8 Å². The van der Waals surface area contributed by atoms with Crippen molar-refractivity contribution in [1.82, 2.24) is 15.5 Å². The van der Waals surface area contributed by atoms with Crippen molar-refractivity contribution in [3.8, 4) is 0 Å². The van der Waals surface area contributed by atoms with Crippen LogP contribution in [0.5, 0.6) is 0 Å². The lowest BCUT2D eigenvalue weighted by Gasteiger charge is -2.33. The normalized spacial score (nSPS) is 22.1. The maximum atomic E-state index is 12.3. The Balaban J connectivity index is 1.42. The third-order valence-corrected chi connectivity index (χ3v) is 5.33. The monoisotopic (exact) mass is 333 g/mol. The molecule has 0 bridgehead atoms. The van der Waals surface area contributed by atoms with Gasteiger partial charge in [0.05, 0.1) is 12.5 Å². The molecule has 2 amide bonds. The number of hydrogen-bond donors (Lipinski definition) is 2. The molecule has 2 aliphatic rings. The summed E-state index contributed by atoms with van der Waals surface area (Å²) in [7, 11) is 0. The summed E-state index contributed by atoms with van der Waals surface area (Å²) < 4.78 is 0. The van der Waals surface area contributed by atoms with Crippen molar-refractivity contribution in [2.75, 3.05) is 24.7 Å². The van der Waals surface area contributed by atoms with Crippen LogP contribution in [0.4, 0.5) is 0 Å². The lowest BCUT2D eigenvalue weighted by atomic mass is 10.0. The molecule has 0 spiro atoms. The number of rotatable bonds is 4. The summed E-state index contributed by atoms with van der Waals surface area (Å²) >= 11 is 1.77. The summed E-state index contributed by atoms with van der Waals surface area (Å²) in [5.74, 6) is 2.01. The molecule has 2 fully saturated rings. The van der Waals surface area contributed by atoms with Crippen molar-refractivity contribution in [2.24, 2.45) is 0 Å². The Bertz CT molecular complexity index is 538. The molecule has 2 heterocycles. The predicted molar refractivity (Wildman–Crippen MR) is 92.1 cm³/mol. The van der Waals surface area contributed by atoms with Gasteiger partial charge in [-0.2, -0.15) is 0 Å². The summed E-state index contributed by atoms with van der Waals surface area (Å²) in [6.07, 6.45) is 2.10. The van der Waals surface area contributed by atoms with Gasteiger partial charge >= 0.3 is 0 Å². The average molecular weight is 333 g/mol. The van der Waals surface area contributed by atoms with E-state index >= 15 is 0 Å². The Morgan fingerprint density at radius 1 is 1.22 bits per heavy atom. The van der Waals surface area contributed by atoms with Crippen molar-refractivity contribution in [3.05, 3.63) is 35.9 Å². The Hall–Kier alpha value is -1.53. The minimum atomic E-state index is -0.0239. The second kappa shape index (κ2) is 7.84. The fraction of sp³-hybridized carbons (Fsp3) is 0.529. The molecule has 5 nitrogen and oxygen atoms in total. The zero-order valence-electron chi connectivity index (χ0n) is 13.2. The van der Waals surface area contributed by atoms with Crippen LogP contribution in [0.1, 0.15) is 18.4 Å². The second-order valence-electron chi connectivity index (χ2n) is 6.10. The van der Waals surface area contributed by atoms with Gasteiger partial charge in [0.15, 0.2) is 0 Å². The molecular weight excluding hydrogens is 310 g/mol. The molecule has 3 rings (SSSR count). The Kier molecular flexibility index (Phi) is 5.56. The van der Waals surface area contributed by atoms with Crippen LogP contribution in [0.3, 0.4) is 0 Å². The van der Waals surface area contributed by atoms with E-state index in [-0.39, 0.29) is 23.9 Å². The lowest BCUT2D eigenvalue weighted by molar-refractivity contribution is -0.133. The largest absolute Gasteiger partial charge is 0.353 e. The van der Waals surface area contributed by atoms with Gasteiger partial charge in [0.2, 0.25) is 11.8 Å². The number of amides is 2. The van der Waals surface area contributed by atoms with Gasteiger partial charge in [0.25, 0.3) is 0 Å². The number of piperidine rings is 1. The molecule has 0 radical (unpaired) electrons. The number of benzene rings is 1. The fourth-order valence-electron chi connectivity index (χ4n) is 3.08. The Morgan fingerprint density at radius 3 is 2.61 bits per heavy atom. The number of carbonyl (C=O) groups is 2. The highest BCUT2D eigenvalue weighted by atomic mass is 32.2. The highest BCUT2D eigenvalue weighted by molar-refractivity contribution is 7.99. The maximum Gasteiger partial charge on any atom is 0.240 e. The third-order valence-electron chi connectivity index (χ3n) is 4.39. The van der Waals surface area contributed by atoms with Crippen molar-refractivity contribution in [2.45, 2.75) is 31.3 Å². The average Bonchev–Trinajstić information content (AvgIpc) is 3.10. The first kappa shape index (κ1) is 16.3. The first-order valence-electron chi connectivity index (χ1n) is 8.15. The zero-order valence-corrected chi connectivity index (χ0v) is 14.0. The van der Waals surface area contributed by atoms with Crippen LogP contribution in [-0.4, -0.2) is 53.5 Å². The molecule has 2 saturated heterocycles. The SMILES string of the molecule is O=C(Cc1ccccc1)NC1CCN(C(=O)C2CSCN2)CC1. The van der Waals surface area contributed by atoms with Crippen LogP contribution in [0.15, 0.2) is 30.3 Å². The number of likely N-dealkylation sites (tertiary alicyclic amines) is 1. The summed E-state index contributed by atoms with van der Waals surface area (Å²) in [6, 6.07) is 9.93. The van der Waals surface area contributed by atoms with E-state index in [0.29, 0.717) is 6.42 Å².